The van der Waals surface area contributed by atoms with Gasteiger partial charge in [0.05, 0.1) is 12.6 Å². The summed E-state index contributed by atoms with van der Waals surface area (Å²) in [6, 6.07) is 11.4. The molecule has 0 aliphatic rings. The third-order valence-corrected chi connectivity index (χ3v) is 3.04. The van der Waals surface area contributed by atoms with Crippen LogP contribution in [0.25, 0.3) is 0 Å². The molecule has 1 amide bonds. The number of carbonyl (C=O) groups excluding carboxylic acids is 1. The molecule has 4 N–H and O–H groups in total. The minimum Gasteiger partial charge on any atom is -0.398 e. The van der Waals surface area contributed by atoms with Crippen LogP contribution in [0.15, 0.2) is 53.5 Å². The molecular weight excluding hydrogens is 270 g/mol. The Labute approximate surface area is 121 Å². The summed E-state index contributed by atoms with van der Waals surface area (Å²) in [7, 11) is 0. The van der Waals surface area contributed by atoms with Crippen LogP contribution in [-0.2, 0) is 11.3 Å². The summed E-state index contributed by atoms with van der Waals surface area (Å²) in [6.45, 7) is -0.366. The van der Waals surface area contributed by atoms with Crippen molar-refractivity contribution in [3.63, 3.8) is 0 Å². The van der Waals surface area contributed by atoms with E-state index < -0.39 is 6.04 Å². The van der Waals surface area contributed by atoms with Crippen molar-refractivity contribution < 1.29 is 9.90 Å². The number of hydrogen-bond acceptors (Lipinski definition) is 4. The van der Waals surface area contributed by atoms with Gasteiger partial charge in [0.25, 0.3) is 5.56 Å². The third-order valence-electron chi connectivity index (χ3n) is 3.04. The molecule has 6 heteroatoms. The van der Waals surface area contributed by atoms with Crippen LogP contribution in [-0.4, -0.2) is 22.2 Å². The zero-order valence-corrected chi connectivity index (χ0v) is 11.4. The Morgan fingerprint density at radius 1 is 1.24 bits per heavy atom. The molecule has 110 valence electrons. The first kappa shape index (κ1) is 14.8. The van der Waals surface area contributed by atoms with Crippen molar-refractivity contribution in [2.45, 2.75) is 12.6 Å². The average molecular weight is 287 g/mol. The van der Waals surface area contributed by atoms with E-state index in [1.54, 1.807) is 0 Å². The van der Waals surface area contributed by atoms with Gasteiger partial charge in [-0.2, -0.15) is 0 Å². The van der Waals surface area contributed by atoms with Crippen molar-refractivity contribution >= 4 is 11.6 Å². The summed E-state index contributed by atoms with van der Waals surface area (Å²) in [4.78, 5) is 23.6. The molecule has 0 saturated heterocycles. The number of rotatable bonds is 5. The molecule has 0 aliphatic heterocycles. The number of carbonyl (C=O) groups is 1. The summed E-state index contributed by atoms with van der Waals surface area (Å²) in [5.41, 5.74) is 6.49. The second-order valence-corrected chi connectivity index (χ2v) is 4.64. The molecular formula is C15H17N3O3. The zero-order valence-electron chi connectivity index (χ0n) is 11.4. The van der Waals surface area contributed by atoms with Gasteiger partial charge < -0.3 is 20.7 Å². The number of nitrogens with two attached hydrogens (primary N) is 1. The predicted molar refractivity (Wildman–Crippen MR) is 79.5 cm³/mol. The Morgan fingerprint density at radius 3 is 2.62 bits per heavy atom. The Kier molecular flexibility index (Phi) is 4.73. The summed E-state index contributed by atoms with van der Waals surface area (Å²) < 4.78 is 1.23. The van der Waals surface area contributed by atoms with Crippen LogP contribution >= 0.6 is 0 Å². The van der Waals surface area contributed by atoms with Crippen molar-refractivity contribution in [3.05, 3.63) is 64.6 Å². The van der Waals surface area contributed by atoms with Crippen molar-refractivity contribution in [1.29, 1.82) is 0 Å². The fraction of sp³-hybridized carbons (Fsp3) is 0.200. The minimum absolute atomic E-state index is 0.146. The minimum atomic E-state index is -0.504. The first-order valence-electron chi connectivity index (χ1n) is 6.51. The van der Waals surface area contributed by atoms with Crippen molar-refractivity contribution in [2.75, 3.05) is 12.3 Å². The highest BCUT2D eigenvalue weighted by molar-refractivity contribution is 5.76. The van der Waals surface area contributed by atoms with Crippen molar-refractivity contribution in [3.8, 4) is 0 Å². The van der Waals surface area contributed by atoms with Crippen LogP contribution in [0.3, 0.4) is 0 Å². The van der Waals surface area contributed by atoms with E-state index in [4.69, 9.17) is 5.73 Å². The number of anilines is 1. The van der Waals surface area contributed by atoms with Gasteiger partial charge >= 0.3 is 0 Å². The van der Waals surface area contributed by atoms with Crippen molar-refractivity contribution in [2.24, 2.45) is 0 Å². The van der Waals surface area contributed by atoms with Crippen LogP contribution in [0.1, 0.15) is 11.6 Å². The molecule has 6 nitrogen and oxygen atoms in total. The fourth-order valence-electron chi connectivity index (χ4n) is 1.99. The number of aliphatic hydroxyl groups excluding tert-OH is 1. The van der Waals surface area contributed by atoms with E-state index in [0.29, 0.717) is 5.69 Å². The largest absolute Gasteiger partial charge is 0.398 e. The second-order valence-electron chi connectivity index (χ2n) is 4.64. The normalized spacial score (nSPS) is 11.9. The highest BCUT2D eigenvalue weighted by atomic mass is 16.3. The second kappa shape index (κ2) is 6.71. The maximum Gasteiger partial charge on any atom is 0.251 e. The smallest absolute Gasteiger partial charge is 0.251 e. The molecule has 1 heterocycles. The number of pyridine rings is 1. The number of amides is 1. The quantitative estimate of drug-likeness (QED) is 0.736. The predicted octanol–water partition coefficient (Wildman–Crippen LogP) is 0.280. The molecule has 0 fully saturated rings. The number of nitrogens with one attached hydrogen (secondary N) is 1. The lowest BCUT2D eigenvalue weighted by Gasteiger charge is -2.17. The SMILES string of the molecule is Nc1ccc(=O)n(CC(=O)N[C@@H](CO)c2ccccc2)c1. The Bertz CT molecular complexity index is 667. The topological polar surface area (TPSA) is 97.4 Å². The van der Waals surface area contributed by atoms with E-state index in [-0.39, 0.29) is 24.6 Å². The van der Waals surface area contributed by atoms with Gasteiger partial charge in [-0.25, -0.2) is 0 Å². The molecule has 1 aromatic heterocycles. The van der Waals surface area contributed by atoms with Gasteiger partial charge in [-0.05, 0) is 11.6 Å². The Balaban J connectivity index is 2.07. The molecule has 0 unspecified atom stereocenters. The molecule has 0 radical (unpaired) electrons. The molecule has 0 aliphatic carbocycles. The summed E-state index contributed by atoms with van der Waals surface area (Å²) in [5.74, 6) is -0.370. The van der Waals surface area contributed by atoms with E-state index in [1.807, 2.05) is 30.3 Å². The van der Waals surface area contributed by atoms with E-state index in [9.17, 15) is 14.7 Å². The van der Waals surface area contributed by atoms with Gasteiger partial charge in [0, 0.05) is 18.0 Å². The van der Waals surface area contributed by atoms with E-state index in [2.05, 4.69) is 5.32 Å². The summed E-state index contributed by atoms with van der Waals surface area (Å²) >= 11 is 0. The number of nitrogens with zero attached hydrogens (tertiary/aromatic N) is 1. The van der Waals surface area contributed by atoms with E-state index >= 15 is 0 Å². The number of aliphatic hydroxyl groups is 1. The first-order valence-corrected chi connectivity index (χ1v) is 6.51. The van der Waals surface area contributed by atoms with Gasteiger partial charge in [0.2, 0.25) is 5.91 Å². The molecule has 1 atom stereocenters. The van der Waals surface area contributed by atoms with E-state index in [0.717, 1.165) is 5.56 Å². The third kappa shape index (κ3) is 3.93. The number of benzene rings is 1. The molecule has 2 rings (SSSR count). The fourth-order valence-corrected chi connectivity index (χ4v) is 1.99. The number of hydrogen-bond donors (Lipinski definition) is 3. The molecule has 21 heavy (non-hydrogen) atoms. The van der Waals surface area contributed by atoms with Crippen LogP contribution < -0.4 is 16.6 Å². The maximum atomic E-state index is 12.0. The van der Waals surface area contributed by atoms with Gasteiger partial charge in [-0.15, -0.1) is 0 Å². The zero-order chi connectivity index (χ0) is 15.2. The van der Waals surface area contributed by atoms with Crippen LogP contribution in [0.2, 0.25) is 0 Å². The average Bonchev–Trinajstić information content (AvgIpc) is 2.49. The van der Waals surface area contributed by atoms with Crippen LogP contribution in [0.5, 0.6) is 0 Å². The van der Waals surface area contributed by atoms with Gasteiger partial charge in [-0.1, -0.05) is 30.3 Å². The highest BCUT2D eigenvalue weighted by Gasteiger charge is 2.13. The first-order chi connectivity index (χ1) is 10.1. The monoisotopic (exact) mass is 287 g/mol. The molecule has 2 aromatic rings. The standard InChI is InChI=1S/C15H17N3O3/c16-12-6-7-15(21)18(8-12)9-14(20)17-13(10-19)11-4-2-1-3-5-11/h1-8,13,19H,9-10,16H2,(H,17,20)/t13-/m0/s1. The summed E-state index contributed by atoms with van der Waals surface area (Å²) in [6.07, 6.45) is 1.42. The molecule has 0 bridgehead atoms. The van der Waals surface area contributed by atoms with Crippen molar-refractivity contribution in [1.82, 2.24) is 9.88 Å². The lowest BCUT2D eigenvalue weighted by Crippen LogP contribution is -2.35. The summed E-state index contributed by atoms with van der Waals surface area (Å²) in [5, 5.41) is 12.1. The lowest BCUT2D eigenvalue weighted by atomic mass is 10.1. The van der Waals surface area contributed by atoms with E-state index in [1.165, 1.54) is 22.9 Å². The van der Waals surface area contributed by atoms with Crippen LogP contribution in [0, 0.1) is 0 Å². The number of aromatic nitrogens is 1. The van der Waals surface area contributed by atoms with Gasteiger partial charge in [0.15, 0.2) is 0 Å². The Morgan fingerprint density at radius 2 is 1.95 bits per heavy atom. The lowest BCUT2D eigenvalue weighted by molar-refractivity contribution is -0.122. The molecule has 0 spiro atoms. The maximum absolute atomic E-state index is 12.0. The van der Waals surface area contributed by atoms with Crippen LogP contribution in [0.4, 0.5) is 5.69 Å². The number of nitrogen functional groups attached to an aromatic ring is 1. The van der Waals surface area contributed by atoms with Gasteiger partial charge in [-0.3, -0.25) is 9.59 Å². The molecule has 1 aromatic carbocycles. The van der Waals surface area contributed by atoms with Gasteiger partial charge in [0.1, 0.15) is 6.54 Å². The highest BCUT2D eigenvalue weighted by Crippen LogP contribution is 2.11. The molecule has 0 saturated carbocycles. The Hall–Kier alpha value is -2.60.